The van der Waals surface area contributed by atoms with Crippen LogP contribution in [-0.4, -0.2) is 66.0 Å². The maximum atomic E-state index is 13.0. The highest BCUT2D eigenvalue weighted by molar-refractivity contribution is 7.89. The van der Waals surface area contributed by atoms with E-state index in [1.54, 1.807) is 0 Å². The third kappa shape index (κ3) is 7.12. The number of nitrogens with zero attached hydrogens (tertiary/aromatic N) is 2. The Hall–Kier alpha value is -2.82. The van der Waals surface area contributed by atoms with E-state index in [0.29, 0.717) is 26.2 Å². The number of aryl methyl sites for hydroxylation is 1. The van der Waals surface area contributed by atoms with Gasteiger partial charge in [-0.25, -0.2) is 22.4 Å². The van der Waals surface area contributed by atoms with Crippen LogP contribution in [0.4, 0.5) is 4.39 Å². The predicted octanol–water partition coefficient (Wildman–Crippen LogP) is 2.05. The summed E-state index contributed by atoms with van der Waals surface area (Å²) in [6.07, 6.45) is 1.03. The molecule has 1 aliphatic rings. The Bertz CT molecular complexity index is 974. The molecule has 2 aromatic rings. The molecule has 0 spiro atoms. The zero-order chi connectivity index (χ0) is 23.0. The monoisotopic (exact) mass is 452 g/mol. The standard InChI is InChI=1S/C19H23FN2O2S.C2H2O4/c1-2-16-3-5-17(6-4-16)15-21-11-13-22(14-12-21)25(23,24)19-9-7-18(20)8-10-19;3-1(4)2(5)6/h3-10H,2,11-15H2,1H3;(H,3,4)(H,5,6). The van der Waals surface area contributed by atoms with Gasteiger partial charge in [-0.2, -0.15) is 4.31 Å². The van der Waals surface area contributed by atoms with Gasteiger partial charge in [-0.05, 0) is 41.8 Å². The number of rotatable bonds is 5. The Morgan fingerprint density at radius 2 is 1.35 bits per heavy atom. The van der Waals surface area contributed by atoms with E-state index in [1.165, 1.54) is 39.7 Å². The summed E-state index contributed by atoms with van der Waals surface area (Å²) in [7, 11) is -3.54. The number of carboxylic acid groups (broad SMARTS) is 2. The lowest BCUT2D eigenvalue weighted by molar-refractivity contribution is -0.159. The Morgan fingerprint density at radius 1 is 0.871 bits per heavy atom. The summed E-state index contributed by atoms with van der Waals surface area (Å²) in [6.45, 7) is 5.25. The number of aliphatic carboxylic acids is 2. The minimum absolute atomic E-state index is 0.150. The van der Waals surface area contributed by atoms with Crippen LogP contribution < -0.4 is 0 Å². The Morgan fingerprint density at radius 3 is 1.81 bits per heavy atom. The lowest BCUT2D eigenvalue weighted by atomic mass is 10.1. The number of hydrogen-bond donors (Lipinski definition) is 2. The van der Waals surface area contributed by atoms with Crippen molar-refractivity contribution in [2.45, 2.75) is 24.8 Å². The van der Waals surface area contributed by atoms with Gasteiger partial charge >= 0.3 is 11.9 Å². The number of carboxylic acids is 2. The second kappa shape index (κ2) is 11.0. The third-order valence-electron chi connectivity index (χ3n) is 4.80. The Kier molecular flexibility index (Phi) is 8.66. The van der Waals surface area contributed by atoms with Gasteiger partial charge in [-0.15, -0.1) is 0 Å². The summed E-state index contributed by atoms with van der Waals surface area (Å²) >= 11 is 0. The molecule has 2 N–H and O–H groups in total. The van der Waals surface area contributed by atoms with E-state index < -0.39 is 27.8 Å². The zero-order valence-corrected chi connectivity index (χ0v) is 17.9. The van der Waals surface area contributed by atoms with E-state index in [0.717, 1.165) is 13.0 Å². The summed E-state index contributed by atoms with van der Waals surface area (Å²) in [5, 5.41) is 14.8. The Labute approximate surface area is 180 Å². The normalized spacial score (nSPS) is 15.0. The van der Waals surface area contributed by atoms with Crippen molar-refractivity contribution in [3.8, 4) is 0 Å². The average molecular weight is 453 g/mol. The van der Waals surface area contributed by atoms with Gasteiger partial charge in [0, 0.05) is 32.7 Å². The molecule has 0 saturated carbocycles. The van der Waals surface area contributed by atoms with Gasteiger partial charge in [0.05, 0.1) is 4.90 Å². The first-order valence-corrected chi connectivity index (χ1v) is 11.1. The summed E-state index contributed by atoms with van der Waals surface area (Å²) in [4.78, 5) is 20.6. The maximum Gasteiger partial charge on any atom is 0.414 e. The molecule has 8 nitrogen and oxygen atoms in total. The first-order chi connectivity index (χ1) is 14.6. The summed E-state index contributed by atoms with van der Waals surface area (Å²) in [5.74, 6) is -4.08. The molecule has 1 saturated heterocycles. The topological polar surface area (TPSA) is 115 Å². The fourth-order valence-corrected chi connectivity index (χ4v) is 4.44. The van der Waals surface area contributed by atoms with Crippen molar-refractivity contribution in [2.24, 2.45) is 0 Å². The van der Waals surface area contributed by atoms with Crippen LogP contribution in [0.15, 0.2) is 53.4 Å². The van der Waals surface area contributed by atoms with E-state index in [1.807, 2.05) is 0 Å². The lowest BCUT2D eigenvalue weighted by Crippen LogP contribution is -2.48. The van der Waals surface area contributed by atoms with Crippen molar-refractivity contribution in [3.05, 3.63) is 65.5 Å². The fraction of sp³-hybridized carbons (Fsp3) is 0.333. The number of sulfonamides is 1. The molecule has 31 heavy (non-hydrogen) atoms. The van der Waals surface area contributed by atoms with Crippen LogP contribution >= 0.6 is 0 Å². The van der Waals surface area contributed by atoms with Crippen LogP contribution in [0.5, 0.6) is 0 Å². The first-order valence-electron chi connectivity index (χ1n) is 9.65. The molecule has 0 radical (unpaired) electrons. The number of benzene rings is 2. The Balaban J connectivity index is 0.000000501. The molecular formula is C21H25FN2O6S. The van der Waals surface area contributed by atoms with Crippen LogP contribution in [-0.2, 0) is 32.6 Å². The molecule has 3 rings (SSSR count). The van der Waals surface area contributed by atoms with Crippen LogP contribution in [0.1, 0.15) is 18.1 Å². The number of halogens is 1. The fourth-order valence-electron chi connectivity index (χ4n) is 3.02. The van der Waals surface area contributed by atoms with E-state index in [2.05, 4.69) is 36.1 Å². The van der Waals surface area contributed by atoms with E-state index in [-0.39, 0.29) is 4.90 Å². The van der Waals surface area contributed by atoms with Gasteiger partial charge in [0.25, 0.3) is 0 Å². The molecule has 0 amide bonds. The maximum absolute atomic E-state index is 13.0. The molecule has 0 unspecified atom stereocenters. The summed E-state index contributed by atoms with van der Waals surface area (Å²) in [5.41, 5.74) is 2.56. The minimum Gasteiger partial charge on any atom is -0.473 e. The van der Waals surface area contributed by atoms with E-state index >= 15 is 0 Å². The molecule has 1 heterocycles. The molecule has 1 fully saturated rings. The zero-order valence-electron chi connectivity index (χ0n) is 17.1. The third-order valence-corrected chi connectivity index (χ3v) is 6.72. The van der Waals surface area contributed by atoms with Crippen molar-refractivity contribution >= 4 is 22.0 Å². The summed E-state index contributed by atoms with van der Waals surface area (Å²) in [6, 6.07) is 13.6. The SMILES string of the molecule is CCc1ccc(CN2CCN(S(=O)(=O)c3ccc(F)cc3)CC2)cc1.O=C(O)C(=O)O. The molecule has 2 aromatic carbocycles. The van der Waals surface area contributed by atoms with Crippen LogP contribution in [0.3, 0.4) is 0 Å². The van der Waals surface area contributed by atoms with Gasteiger partial charge < -0.3 is 10.2 Å². The predicted molar refractivity (Wildman–Crippen MR) is 112 cm³/mol. The van der Waals surface area contributed by atoms with Crippen molar-refractivity contribution in [1.82, 2.24) is 9.21 Å². The van der Waals surface area contributed by atoms with Crippen molar-refractivity contribution in [1.29, 1.82) is 0 Å². The highest BCUT2D eigenvalue weighted by Gasteiger charge is 2.28. The average Bonchev–Trinajstić information content (AvgIpc) is 2.75. The quantitative estimate of drug-likeness (QED) is 0.667. The van der Waals surface area contributed by atoms with Crippen LogP contribution in [0, 0.1) is 5.82 Å². The first kappa shape index (κ1) is 24.4. The molecule has 168 valence electrons. The highest BCUT2D eigenvalue weighted by Crippen LogP contribution is 2.19. The largest absolute Gasteiger partial charge is 0.473 e. The van der Waals surface area contributed by atoms with E-state index in [4.69, 9.17) is 19.8 Å². The smallest absolute Gasteiger partial charge is 0.414 e. The van der Waals surface area contributed by atoms with Crippen molar-refractivity contribution in [3.63, 3.8) is 0 Å². The van der Waals surface area contributed by atoms with Gasteiger partial charge in [0.2, 0.25) is 10.0 Å². The second-order valence-electron chi connectivity index (χ2n) is 6.91. The van der Waals surface area contributed by atoms with Gasteiger partial charge in [-0.1, -0.05) is 31.2 Å². The van der Waals surface area contributed by atoms with Gasteiger partial charge in [-0.3, -0.25) is 4.90 Å². The molecule has 0 aliphatic carbocycles. The van der Waals surface area contributed by atoms with E-state index in [9.17, 15) is 12.8 Å². The molecule has 0 aromatic heterocycles. The molecule has 10 heteroatoms. The van der Waals surface area contributed by atoms with Crippen molar-refractivity contribution < 1.29 is 32.6 Å². The summed E-state index contributed by atoms with van der Waals surface area (Å²) < 4.78 is 39.7. The highest BCUT2D eigenvalue weighted by atomic mass is 32.2. The van der Waals surface area contributed by atoms with Crippen LogP contribution in [0.25, 0.3) is 0 Å². The second-order valence-corrected chi connectivity index (χ2v) is 8.85. The van der Waals surface area contributed by atoms with Gasteiger partial charge in [0.1, 0.15) is 5.82 Å². The minimum atomic E-state index is -3.54. The number of hydrogen-bond acceptors (Lipinski definition) is 5. The number of piperazine rings is 1. The van der Waals surface area contributed by atoms with Gasteiger partial charge in [0.15, 0.2) is 0 Å². The van der Waals surface area contributed by atoms with Crippen molar-refractivity contribution in [2.75, 3.05) is 26.2 Å². The molecule has 0 atom stereocenters. The molecular weight excluding hydrogens is 427 g/mol. The van der Waals surface area contributed by atoms with Crippen LogP contribution in [0.2, 0.25) is 0 Å². The molecule has 1 aliphatic heterocycles. The lowest BCUT2D eigenvalue weighted by Gasteiger charge is -2.34. The molecule has 0 bridgehead atoms. The number of carbonyl (C=O) groups is 2.